The van der Waals surface area contributed by atoms with Gasteiger partial charge in [-0.15, -0.1) is 0 Å². The lowest BCUT2D eigenvalue weighted by molar-refractivity contribution is -0.385. The average molecular weight is 331 g/mol. The third-order valence-electron chi connectivity index (χ3n) is 3.35. The maximum Gasteiger partial charge on any atom is 0.359 e. The number of carbonyl (C=O) groups excluding carboxylic acids is 1. The van der Waals surface area contributed by atoms with Crippen LogP contribution < -0.4 is 5.56 Å². The Hall–Kier alpha value is -3.03. The molecule has 1 aromatic heterocycles. The van der Waals surface area contributed by atoms with Gasteiger partial charge in [-0.05, 0) is 25.0 Å². The number of aryl methyl sites for hydroxylation is 1. The van der Waals surface area contributed by atoms with Crippen LogP contribution in [0.3, 0.4) is 0 Å². The maximum absolute atomic E-state index is 12.2. The highest BCUT2D eigenvalue weighted by Crippen LogP contribution is 2.22. The van der Waals surface area contributed by atoms with E-state index in [2.05, 4.69) is 5.10 Å². The summed E-state index contributed by atoms with van der Waals surface area (Å²) in [6.45, 7) is 3.91. The lowest BCUT2D eigenvalue weighted by Gasteiger charge is -2.13. The SMILES string of the molecule is CCCn1nc(C(=O)OC(C)c2cccc([N+](=O)[O-])c2)ccc1=O. The molecule has 24 heavy (non-hydrogen) atoms. The molecule has 1 atom stereocenters. The summed E-state index contributed by atoms with van der Waals surface area (Å²) in [5.74, 6) is -0.696. The van der Waals surface area contributed by atoms with E-state index in [0.29, 0.717) is 18.5 Å². The maximum atomic E-state index is 12.2. The van der Waals surface area contributed by atoms with Crippen molar-refractivity contribution in [2.24, 2.45) is 0 Å². The number of esters is 1. The summed E-state index contributed by atoms with van der Waals surface area (Å²) in [4.78, 5) is 34.1. The predicted octanol–water partition coefficient (Wildman–Crippen LogP) is 2.48. The largest absolute Gasteiger partial charge is 0.453 e. The van der Waals surface area contributed by atoms with E-state index in [1.165, 1.54) is 35.0 Å². The van der Waals surface area contributed by atoms with Gasteiger partial charge in [0.25, 0.3) is 11.2 Å². The van der Waals surface area contributed by atoms with Gasteiger partial charge in [0.1, 0.15) is 6.10 Å². The van der Waals surface area contributed by atoms with Gasteiger partial charge >= 0.3 is 5.97 Å². The zero-order chi connectivity index (χ0) is 17.7. The number of nitrogens with zero attached hydrogens (tertiary/aromatic N) is 3. The number of ether oxygens (including phenoxy) is 1. The molecule has 2 aromatic rings. The van der Waals surface area contributed by atoms with Gasteiger partial charge in [0, 0.05) is 24.7 Å². The number of nitro benzene ring substituents is 1. The standard InChI is InChI=1S/C16H17N3O5/c1-3-9-18-15(20)8-7-14(17-18)16(21)24-11(2)12-5-4-6-13(10-12)19(22)23/h4-8,10-11H,3,9H2,1-2H3. The molecule has 2 rings (SSSR count). The van der Waals surface area contributed by atoms with Gasteiger partial charge in [0.2, 0.25) is 0 Å². The molecule has 1 heterocycles. The van der Waals surface area contributed by atoms with Crippen molar-refractivity contribution in [3.8, 4) is 0 Å². The summed E-state index contributed by atoms with van der Waals surface area (Å²) in [7, 11) is 0. The van der Waals surface area contributed by atoms with E-state index in [9.17, 15) is 19.7 Å². The lowest BCUT2D eigenvalue weighted by Crippen LogP contribution is -2.25. The average Bonchev–Trinajstić information content (AvgIpc) is 2.57. The molecule has 0 spiro atoms. The van der Waals surface area contributed by atoms with Gasteiger partial charge < -0.3 is 4.74 Å². The van der Waals surface area contributed by atoms with Crippen molar-refractivity contribution < 1.29 is 14.5 Å². The first-order valence-corrected chi connectivity index (χ1v) is 7.46. The number of carbonyl (C=O) groups is 1. The molecular formula is C16H17N3O5. The highest BCUT2D eigenvalue weighted by molar-refractivity contribution is 5.87. The van der Waals surface area contributed by atoms with Gasteiger partial charge in [-0.2, -0.15) is 5.10 Å². The summed E-state index contributed by atoms with van der Waals surface area (Å²) < 4.78 is 6.49. The van der Waals surface area contributed by atoms with Crippen LogP contribution >= 0.6 is 0 Å². The number of hydrogen-bond acceptors (Lipinski definition) is 6. The van der Waals surface area contributed by atoms with Crippen LogP contribution in [-0.2, 0) is 11.3 Å². The summed E-state index contributed by atoms with van der Waals surface area (Å²) in [6.07, 6.45) is 0.0147. The number of benzene rings is 1. The van der Waals surface area contributed by atoms with Gasteiger partial charge in [0.15, 0.2) is 5.69 Å². The van der Waals surface area contributed by atoms with Crippen LogP contribution in [0.25, 0.3) is 0 Å². The molecule has 0 saturated heterocycles. The van der Waals surface area contributed by atoms with Crippen molar-refractivity contribution in [1.29, 1.82) is 0 Å². The highest BCUT2D eigenvalue weighted by atomic mass is 16.6. The van der Waals surface area contributed by atoms with E-state index >= 15 is 0 Å². The fourth-order valence-corrected chi connectivity index (χ4v) is 2.11. The van der Waals surface area contributed by atoms with E-state index in [0.717, 1.165) is 0 Å². The molecule has 0 N–H and O–H groups in total. The van der Waals surface area contributed by atoms with Crippen LogP contribution in [0.1, 0.15) is 42.4 Å². The van der Waals surface area contributed by atoms with Crippen LogP contribution in [0.2, 0.25) is 0 Å². The molecule has 1 unspecified atom stereocenters. The van der Waals surface area contributed by atoms with Gasteiger partial charge in [-0.25, -0.2) is 9.48 Å². The van der Waals surface area contributed by atoms with Crippen molar-refractivity contribution in [2.75, 3.05) is 0 Å². The molecule has 8 heteroatoms. The van der Waals surface area contributed by atoms with E-state index in [4.69, 9.17) is 4.74 Å². The molecule has 0 amide bonds. The van der Waals surface area contributed by atoms with E-state index in [1.54, 1.807) is 13.0 Å². The summed E-state index contributed by atoms with van der Waals surface area (Å²) in [6, 6.07) is 8.44. The monoisotopic (exact) mass is 331 g/mol. The molecule has 1 aromatic carbocycles. The first-order valence-electron chi connectivity index (χ1n) is 7.46. The first-order chi connectivity index (χ1) is 11.4. The summed E-state index contributed by atoms with van der Waals surface area (Å²) >= 11 is 0. The second kappa shape index (κ2) is 7.49. The number of rotatable bonds is 6. The number of aromatic nitrogens is 2. The van der Waals surface area contributed by atoms with E-state index in [1.807, 2.05) is 6.92 Å². The second-order valence-electron chi connectivity index (χ2n) is 5.18. The van der Waals surface area contributed by atoms with Crippen molar-refractivity contribution in [3.63, 3.8) is 0 Å². The minimum absolute atomic E-state index is 0.0142. The van der Waals surface area contributed by atoms with Crippen molar-refractivity contribution in [1.82, 2.24) is 9.78 Å². The van der Waals surface area contributed by atoms with Crippen LogP contribution in [-0.4, -0.2) is 20.7 Å². The molecule has 0 aliphatic carbocycles. The van der Waals surface area contributed by atoms with Gasteiger partial charge in [-0.1, -0.05) is 19.1 Å². The van der Waals surface area contributed by atoms with Crippen molar-refractivity contribution in [3.05, 3.63) is 68.1 Å². The van der Waals surface area contributed by atoms with E-state index in [-0.39, 0.29) is 16.9 Å². The van der Waals surface area contributed by atoms with Crippen molar-refractivity contribution >= 4 is 11.7 Å². The Bertz CT molecular complexity index is 815. The minimum Gasteiger partial charge on any atom is -0.453 e. The van der Waals surface area contributed by atoms with Crippen LogP contribution in [0.5, 0.6) is 0 Å². The minimum atomic E-state index is -0.696. The van der Waals surface area contributed by atoms with Crippen LogP contribution in [0, 0.1) is 10.1 Å². The number of non-ortho nitro benzene ring substituents is 1. The molecule has 0 bridgehead atoms. The molecule has 0 aliphatic heterocycles. The summed E-state index contributed by atoms with van der Waals surface area (Å²) in [5, 5.41) is 14.8. The summed E-state index contributed by atoms with van der Waals surface area (Å²) in [5.41, 5.74) is 0.143. The van der Waals surface area contributed by atoms with Gasteiger partial charge in [-0.3, -0.25) is 14.9 Å². The molecule has 0 radical (unpaired) electrons. The first kappa shape index (κ1) is 17.3. The van der Waals surface area contributed by atoms with Crippen LogP contribution in [0.15, 0.2) is 41.2 Å². The Balaban J connectivity index is 2.17. The third kappa shape index (κ3) is 4.03. The Morgan fingerprint density at radius 3 is 2.79 bits per heavy atom. The predicted molar refractivity (Wildman–Crippen MR) is 85.7 cm³/mol. The fourth-order valence-electron chi connectivity index (χ4n) is 2.11. The second-order valence-corrected chi connectivity index (χ2v) is 5.18. The number of nitro groups is 1. The Labute approximate surface area is 137 Å². The third-order valence-corrected chi connectivity index (χ3v) is 3.35. The topological polar surface area (TPSA) is 104 Å². The normalized spacial score (nSPS) is 11.8. The Kier molecular flexibility index (Phi) is 5.41. The molecule has 0 saturated carbocycles. The van der Waals surface area contributed by atoms with Gasteiger partial charge in [0.05, 0.1) is 4.92 Å². The zero-order valence-corrected chi connectivity index (χ0v) is 13.3. The molecular weight excluding hydrogens is 314 g/mol. The number of hydrogen-bond donors (Lipinski definition) is 0. The molecule has 0 aliphatic rings. The van der Waals surface area contributed by atoms with E-state index < -0.39 is 17.0 Å². The highest BCUT2D eigenvalue weighted by Gasteiger charge is 2.18. The Morgan fingerprint density at radius 1 is 1.38 bits per heavy atom. The molecule has 0 fully saturated rings. The molecule has 126 valence electrons. The lowest BCUT2D eigenvalue weighted by atomic mass is 10.1. The van der Waals surface area contributed by atoms with Crippen LogP contribution in [0.4, 0.5) is 5.69 Å². The fraction of sp³-hybridized carbons (Fsp3) is 0.312. The smallest absolute Gasteiger partial charge is 0.359 e. The Morgan fingerprint density at radius 2 is 2.12 bits per heavy atom. The quantitative estimate of drug-likeness (QED) is 0.457. The molecule has 8 nitrogen and oxygen atoms in total. The zero-order valence-electron chi connectivity index (χ0n) is 13.3. The van der Waals surface area contributed by atoms with Crippen molar-refractivity contribution in [2.45, 2.75) is 32.9 Å².